The van der Waals surface area contributed by atoms with Crippen molar-refractivity contribution in [3.63, 3.8) is 0 Å². The molecule has 1 aromatic carbocycles. The predicted octanol–water partition coefficient (Wildman–Crippen LogP) is 2.36. The van der Waals surface area contributed by atoms with E-state index >= 15 is 0 Å². The van der Waals surface area contributed by atoms with Crippen LogP contribution in [0.1, 0.15) is 24.8 Å². The molecule has 2 heterocycles. The van der Waals surface area contributed by atoms with E-state index < -0.39 is 11.2 Å². The molecule has 0 amide bonds. The fourth-order valence-electron chi connectivity index (χ4n) is 4.09. The Bertz CT molecular complexity index is 1230. The van der Waals surface area contributed by atoms with Crippen molar-refractivity contribution >= 4 is 40.3 Å². The van der Waals surface area contributed by atoms with Crippen molar-refractivity contribution in [2.24, 2.45) is 20.0 Å². The second-order valence-electron chi connectivity index (χ2n) is 7.85. The fraction of sp³-hybridized carbons (Fsp3) is 0.450. The SMILES string of the molecule is Cn1c(N[C@H]2CC[C@H](CO)C2)nc2c1c(=O)n(Cc1ccc(Cl)c(Cl)c1)c(=O)n2C. The van der Waals surface area contributed by atoms with Gasteiger partial charge < -0.3 is 15.0 Å². The van der Waals surface area contributed by atoms with Crippen LogP contribution < -0.4 is 16.6 Å². The van der Waals surface area contributed by atoms with Crippen molar-refractivity contribution < 1.29 is 5.11 Å². The number of aliphatic hydroxyl groups is 1. The Morgan fingerprint density at radius 3 is 2.60 bits per heavy atom. The number of imidazole rings is 1. The summed E-state index contributed by atoms with van der Waals surface area (Å²) in [6.45, 7) is 0.252. The summed E-state index contributed by atoms with van der Waals surface area (Å²) in [5.41, 5.74) is 0.504. The van der Waals surface area contributed by atoms with Crippen molar-refractivity contribution in [3.05, 3.63) is 54.6 Å². The van der Waals surface area contributed by atoms with Gasteiger partial charge >= 0.3 is 5.69 Å². The predicted molar refractivity (Wildman–Crippen MR) is 118 cm³/mol. The summed E-state index contributed by atoms with van der Waals surface area (Å²) >= 11 is 12.0. The summed E-state index contributed by atoms with van der Waals surface area (Å²) < 4.78 is 4.24. The number of halogens is 2. The van der Waals surface area contributed by atoms with Crippen LogP contribution in [0.3, 0.4) is 0 Å². The normalized spacial score (nSPS) is 19.0. The molecule has 2 N–H and O–H groups in total. The minimum Gasteiger partial charge on any atom is -0.396 e. The van der Waals surface area contributed by atoms with E-state index in [1.54, 1.807) is 36.9 Å². The van der Waals surface area contributed by atoms with Gasteiger partial charge in [-0.3, -0.25) is 13.9 Å². The van der Waals surface area contributed by atoms with Crippen molar-refractivity contribution in [2.75, 3.05) is 11.9 Å². The van der Waals surface area contributed by atoms with Gasteiger partial charge in [0.05, 0.1) is 16.6 Å². The summed E-state index contributed by atoms with van der Waals surface area (Å²) in [6.07, 6.45) is 2.72. The number of aryl methyl sites for hydroxylation is 2. The second-order valence-corrected chi connectivity index (χ2v) is 8.67. The number of aromatic nitrogens is 4. The Morgan fingerprint density at radius 1 is 1.17 bits per heavy atom. The average molecular weight is 452 g/mol. The van der Waals surface area contributed by atoms with E-state index in [0.717, 1.165) is 19.3 Å². The first-order chi connectivity index (χ1) is 14.3. The Labute approximate surface area is 182 Å². The molecule has 10 heteroatoms. The maximum Gasteiger partial charge on any atom is 0.332 e. The van der Waals surface area contributed by atoms with E-state index in [-0.39, 0.29) is 25.1 Å². The molecule has 0 aliphatic heterocycles. The van der Waals surface area contributed by atoms with Crippen molar-refractivity contribution in [2.45, 2.75) is 31.8 Å². The van der Waals surface area contributed by atoms with Crippen LogP contribution in [0.4, 0.5) is 5.95 Å². The highest BCUT2D eigenvalue weighted by Crippen LogP contribution is 2.28. The van der Waals surface area contributed by atoms with Gasteiger partial charge in [-0.15, -0.1) is 0 Å². The van der Waals surface area contributed by atoms with Gasteiger partial charge in [0.15, 0.2) is 11.2 Å². The molecule has 1 aliphatic carbocycles. The summed E-state index contributed by atoms with van der Waals surface area (Å²) in [6, 6.07) is 5.19. The maximum atomic E-state index is 13.2. The maximum absolute atomic E-state index is 13.2. The number of aliphatic hydroxyl groups excluding tert-OH is 1. The zero-order valence-electron chi connectivity index (χ0n) is 16.7. The van der Waals surface area contributed by atoms with Crippen LogP contribution >= 0.6 is 23.2 Å². The molecule has 2 aromatic heterocycles. The van der Waals surface area contributed by atoms with Crippen LogP contribution in [0.15, 0.2) is 27.8 Å². The van der Waals surface area contributed by atoms with Gasteiger partial charge in [-0.25, -0.2) is 4.79 Å². The highest BCUT2D eigenvalue weighted by Gasteiger charge is 2.26. The standard InChI is InChI=1S/C20H23Cl2N5O3/c1-25-16-17(24-19(25)23-13-5-3-12(7-13)10-28)26(2)20(30)27(18(16)29)9-11-4-6-14(21)15(22)8-11/h4,6,8,12-13,28H,3,5,7,9-10H2,1-2H3,(H,23,24)/t12-,13-/m0/s1. The average Bonchev–Trinajstić information content (AvgIpc) is 3.31. The quantitative estimate of drug-likeness (QED) is 0.620. The number of benzene rings is 1. The van der Waals surface area contributed by atoms with Gasteiger partial charge in [-0.1, -0.05) is 29.3 Å². The summed E-state index contributed by atoms with van der Waals surface area (Å²) in [5, 5.41) is 13.5. The molecular weight excluding hydrogens is 429 g/mol. The highest BCUT2D eigenvalue weighted by atomic mass is 35.5. The lowest BCUT2D eigenvalue weighted by Gasteiger charge is -2.13. The summed E-state index contributed by atoms with van der Waals surface area (Å²) in [5.74, 6) is 0.818. The van der Waals surface area contributed by atoms with Crippen molar-refractivity contribution in [1.29, 1.82) is 0 Å². The van der Waals surface area contributed by atoms with Crippen LogP contribution in [-0.2, 0) is 20.6 Å². The zero-order valence-corrected chi connectivity index (χ0v) is 18.2. The van der Waals surface area contributed by atoms with E-state index in [2.05, 4.69) is 10.3 Å². The minimum absolute atomic E-state index is 0.0765. The molecule has 1 fully saturated rings. The smallest absolute Gasteiger partial charge is 0.332 e. The first-order valence-electron chi connectivity index (χ1n) is 9.77. The first-order valence-corrected chi connectivity index (χ1v) is 10.5. The topological polar surface area (TPSA) is 94.1 Å². The van der Waals surface area contributed by atoms with Gasteiger partial charge in [0.1, 0.15) is 0 Å². The Morgan fingerprint density at radius 2 is 1.93 bits per heavy atom. The molecule has 0 saturated heterocycles. The van der Waals surface area contributed by atoms with Gasteiger partial charge in [-0.2, -0.15) is 4.98 Å². The number of hydrogen-bond donors (Lipinski definition) is 2. The molecule has 0 unspecified atom stereocenters. The third-order valence-electron chi connectivity index (χ3n) is 5.82. The van der Waals surface area contributed by atoms with Gasteiger partial charge in [0.2, 0.25) is 5.95 Å². The Hall–Kier alpha value is -2.29. The molecule has 2 atom stereocenters. The molecule has 1 saturated carbocycles. The van der Waals surface area contributed by atoms with E-state index in [0.29, 0.717) is 32.7 Å². The van der Waals surface area contributed by atoms with E-state index in [9.17, 15) is 14.7 Å². The number of nitrogens with zero attached hydrogens (tertiary/aromatic N) is 4. The van der Waals surface area contributed by atoms with Crippen LogP contribution in [0.25, 0.3) is 11.2 Å². The lowest BCUT2D eigenvalue weighted by atomic mass is 10.1. The van der Waals surface area contributed by atoms with Crippen LogP contribution in [0.2, 0.25) is 10.0 Å². The third kappa shape index (κ3) is 3.64. The molecular formula is C20H23Cl2N5O3. The molecule has 3 aromatic rings. The molecule has 0 spiro atoms. The lowest BCUT2D eigenvalue weighted by Crippen LogP contribution is -2.39. The van der Waals surface area contributed by atoms with Crippen LogP contribution in [0.5, 0.6) is 0 Å². The molecule has 0 bridgehead atoms. The van der Waals surface area contributed by atoms with E-state index in [1.165, 1.54) is 9.13 Å². The Kier molecular flexibility index (Phi) is 5.65. The molecule has 160 valence electrons. The molecule has 1 aliphatic rings. The number of rotatable bonds is 5. The number of hydrogen-bond acceptors (Lipinski definition) is 5. The minimum atomic E-state index is -0.454. The first kappa shape index (κ1) is 21.0. The molecule has 8 nitrogen and oxygen atoms in total. The largest absolute Gasteiger partial charge is 0.396 e. The van der Waals surface area contributed by atoms with E-state index in [4.69, 9.17) is 23.2 Å². The highest BCUT2D eigenvalue weighted by molar-refractivity contribution is 6.42. The van der Waals surface area contributed by atoms with E-state index in [1.807, 2.05) is 0 Å². The summed E-state index contributed by atoms with van der Waals surface area (Å²) in [4.78, 5) is 30.6. The van der Waals surface area contributed by atoms with Crippen LogP contribution in [-0.4, -0.2) is 36.4 Å². The van der Waals surface area contributed by atoms with Gasteiger partial charge in [-0.05, 0) is 42.9 Å². The number of fused-ring (bicyclic) bond motifs is 1. The summed E-state index contributed by atoms with van der Waals surface area (Å²) in [7, 11) is 3.36. The number of anilines is 1. The second kappa shape index (κ2) is 8.09. The third-order valence-corrected chi connectivity index (χ3v) is 6.56. The van der Waals surface area contributed by atoms with Crippen LogP contribution in [0, 0.1) is 5.92 Å². The van der Waals surface area contributed by atoms with Crippen molar-refractivity contribution in [1.82, 2.24) is 18.7 Å². The lowest BCUT2D eigenvalue weighted by molar-refractivity contribution is 0.229. The molecule has 30 heavy (non-hydrogen) atoms. The van der Waals surface area contributed by atoms with Gasteiger partial charge in [0, 0.05) is 26.7 Å². The monoisotopic (exact) mass is 451 g/mol. The fourth-order valence-corrected chi connectivity index (χ4v) is 4.41. The molecule has 4 rings (SSSR count). The Balaban J connectivity index is 1.75. The number of nitrogens with one attached hydrogen (secondary N) is 1. The zero-order chi connectivity index (χ0) is 21.6. The molecule has 0 radical (unpaired) electrons. The van der Waals surface area contributed by atoms with Crippen molar-refractivity contribution in [3.8, 4) is 0 Å². The van der Waals surface area contributed by atoms with Gasteiger partial charge in [0.25, 0.3) is 5.56 Å².